The minimum atomic E-state index is -0.329. The van der Waals surface area contributed by atoms with E-state index in [1.54, 1.807) is 11.1 Å². The van der Waals surface area contributed by atoms with Crippen LogP contribution in [0.2, 0.25) is 0 Å². The van der Waals surface area contributed by atoms with E-state index in [9.17, 15) is 9.59 Å². The molecule has 0 spiro atoms. The van der Waals surface area contributed by atoms with E-state index in [0.29, 0.717) is 18.6 Å². The highest BCUT2D eigenvalue weighted by atomic mass is 16.5. The summed E-state index contributed by atoms with van der Waals surface area (Å²) in [4.78, 5) is 33.6. The predicted molar refractivity (Wildman–Crippen MR) is 142 cm³/mol. The third-order valence-electron chi connectivity index (χ3n) is 7.12. The lowest BCUT2D eigenvalue weighted by atomic mass is 9.73. The number of carbonyl (C=O) groups is 2. The summed E-state index contributed by atoms with van der Waals surface area (Å²) < 4.78 is 5.94. The molecule has 37 heavy (non-hydrogen) atoms. The molecule has 5 heteroatoms. The third-order valence-corrected chi connectivity index (χ3v) is 7.12. The number of allylic oxidation sites excluding steroid dienone is 2. The number of ketones is 1. The van der Waals surface area contributed by atoms with Crippen LogP contribution in [0, 0.1) is 0 Å². The summed E-state index contributed by atoms with van der Waals surface area (Å²) in [6, 6.07) is 32.8. The minimum Gasteiger partial charge on any atom is -0.457 e. The minimum absolute atomic E-state index is 0.0194. The number of Topliss-reactive ketones (excluding diaryl/α,β-unsaturated/α-hetero) is 1. The van der Waals surface area contributed by atoms with Crippen molar-refractivity contribution in [3.63, 3.8) is 0 Å². The van der Waals surface area contributed by atoms with Crippen molar-refractivity contribution >= 4 is 17.4 Å². The lowest BCUT2D eigenvalue weighted by Gasteiger charge is -2.40. The molecule has 0 radical (unpaired) electrons. The highest BCUT2D eigenvalue weighted by Crippen LogP contribution is 2.46. The van der Waals surface area contributed by atoms with Crippen molar-refractivity contribution in [3.05, 3.63) is 132 Å². The number of hydrogen-bond acceptors (Lipinski definition) is 4. The lowest BCUT2D eigenvalue weighted by Crippen LogP contribution is -2.42. The van der Waals surface area contributed by atoms with Gasteiger partial charge in [-0.05, 0) is 66.4 Å². The highest BCUT2D eigenvalue weighted by molar-refractivity contribution is 6.07. The third kappa shape index (κ3) is 4.56. The van der Waals surface area contributed by atoms with Crippen molar-refractivity contribution in [1.82, 2.24) is 4.98 Å². The molecular formula is C32H26N2O3. The Balaban J connectivity index is 1.39. The maximum absolute atomic E-state index is 13.7. The van der Waals surface area contributed by atoms with E-state index in [-0.39, 0.29) is 29.9 Å². The second-order valence-electron chi connectivity index (χ2n) is 9.45. The van der Waals surface area contributed by atoms with Gasteiger partial charge in [-0.15, -0.1) is 0 Å². The Morgan fingerprint density at radius 2 is 1.38 bits per heavy atom. The zero-order valence-electron chi connectivity index (χ0n) is 20.3. The van der Waals surface area contributed by atoms with Crippen LogP contribution in [0.15, 0.2) is 121 Å². The first-order valence-electron chi connectivity index (χ1n) is 12.6. The Morgan fingerprint density at radius 3 is 2.08 bits per heavy atom. The molecule has 1 amide bonds. The Morgan fingerprint density at radius 1 is 0.703 bits per heavy atom. The first kappa shape index (κ1) is 22.9. The van der Waals surface area contributed by atoms with Crippen LogP contribution < -0.4 is 9.64 Å². The fourth-order valence-corrected chi connectivity index (χ4v) is 5.42. The average molecular weight is 487 g/mol. The number of nitrogens with zero attached hydrogens (tertiary/aromatic N) is 2. The van der Waals surface area contributed by atoms with Gasteiger partial charge in [-0.3, -0.25) is 19.5 Å². The van der Waals surface area contributed by atoms with Crippen LogP contribution in [0.3, 0.4) is 0 Å². The van der Waals surface area contributed by atoms with Gasteiger partial charge in [-0.1, -0.05) is 54.6 Å². The van der Waals surface area contributed by atoms with Gasteiger partial charge in [0.1, 0.15) is 11.5 Å². The number of benzene rings is 3. The Bertz CT molecular complexity index is 1450. The number of ether oxygens (including phenoxy) is 1. The second-order valence-corrected chi connectivity index (χ2v) is 9.45. The summed E-state index contributed by atoms with van der Waals surface area (Å²) in [5.74, 6) is 1.17. The number of para-hydroxylation sites is 1. The monoisotopic (exact) mass is 486 g/mol. The van der Waals surface area contributed by atoms with Crippen molar-refractivity contribution < 1.29 is 14.3 Å². The van der Waals surface area contributed by atoms with Crippen molar-refractivity contribution in [1.29, 1.82) is 0 Å². The van der Waals surface area contributed by atoms with Gasteiger partial charge in [-0.2, -0.15) is 0 Å². The molecular weight excluding hydrogens is 460 g/mol. The van der Waals surface area contributed by atoms with Gasteiger partial charge < -0.3 is 4.74 Å². The van der Waals surface area contributed by atoms with Crippen LogP contribution in [0.4, 0.5) is 5.69 Å². The summed E-state index contributed by atoms with van der Waals surface area (Å²) >= 11 is 0. The molecule has 3 aromatic carbocycles. The molecule has 182 valence electrons. The van der Waals surface area contributed by atoms with Gasteiger partial charge in [-0.25, -0.2) is 0 Å². The standard InChI is InChI=1S/C32H26N2O3/c35-30-20-23(22-9-3-1-4-10-22)19-29-32(30)27(28-13-7-8-18-33-28)21-31(36)34(29)24-14-16-26(17-15-24)37-25-11-5-2-6-12-25/h1-18,23,27H,19-21H2. The van der Waals surface area contributed by atoms with Crippen molar-refractivity contribution in [3.8, 4) is 11.5 Å². The highest BCUT2D eigenvalue weighted by Gasteiger charge is 2.42. The van der Waals surface area contributed by atoms with Gasteiger partial charge in [0.05, 0.1) is 0 Å². The summed E-state index contributed by atoms with van der Waals surface area (Å²) in [6.45, 7) is 0. The summed E-state index contributed by atoms with van der Waals surface area (Å²) in [5.41, 5.74) is 4.12. The molecule has 0 saturated heterocycles. The van der Waals surface area contributed by atoms with E-state index in [4.69, 9.17) is 4.74 Å². The van der Waals surface area contributed by atoms with E-state index in [2.05, 4.69) is 17.1 Å². The van der Waals surface area contributed by atoms with Crippen molar-refractivity contribution in [2.45, 2.75) is 31.1 Å². The molecule has 2 atom stereocenters. The quantitative estimate of drug-likeness (QED) is 0.311. The zero-order chi connectivity index (χ0) is 25.2. The number of amides is 1. The number of aromatic nitrogens is 1. The molecule has 1 aromatic heterocycles. The van der Waals surface area contributed by atoms with E-state index in [0.717, 1.165) is 34.0 Å². The predicted octanol–water partition coefficient (Wildman–Crippen LogP) is 6.80. The Hall–Kier alpha value is -4.51. The second kappa shape index (κ2) is 9.86. The molecule has 2 unspecified atom stereocenters. The Labute approximate surface area is 216 Å². The Kier molecular flexibility index (Phi) is 6.11. The SMILES string of the molecule is O=C1CC(c2ccccc2)CC2=C1C(c1ccccn1)CC(=O)N2c1ccc(Oc2ccccc2)cc1. The van der Waals surface area contributed by atoms with Crippen LogP contribution in [-0.4, -0.2) is 16.7 Å². The van der Waals surface area contributed by atoms with Crippen LogP contribution in [0.5, 0.6) is 11.5 Å². The van der Waals surface area contributed by atoms with Crippen LogP contribution >= 0.6 is 0 Å². The summed E-state index contributed by atoms with van der Waals surface area (Å²) in [6.07, 6.45) is 2.97. The summed E-state index contributed by atoms with van der Waals surface area (Å²) in [7, 11) is 0. The van der Waals surface area contributed by atoms with Crippen LogP contribution in [0.25, 0.3) is 0 Å². The fourth-order valence-electron chi connectivity index (χ4n) is 5.42. The normalized spacial score (nSPS) is 19.5. The molecule has 1 aliphatic heterocycles. The fraction of sp³-hybridized carbons (Fsp3) is 0.156. The van der Waals surface area contributed by atoms with Crippen LogP contribution in [0.1, 0.15) is 42.4 Å². The largest absolute Gasteiger partial charge is 0.457 e. The van der Waals surface area contributed by atoms with E-state index in [1.807, 2.05) is 91.0 Å². The van der Waals surface area contributed by atoms with Crippen molar-refractivity contribution in [2.75, 3.05) is 4.90 Å². The number of carbonyl (C=O) groups excluding carboxylic acids is 2. The molecule has 0 bridgehead atoms. The molecule has 0 N–H and O–H groups in total. The zero-order valence-corrected chi connectivity index (χ0v) is 20.3. The van der Waals surface area contributed by atoms with Gasteiger partial charge >= 0.3 is 0 Å². The van der Waals surface area contributed by atoms with Gasteiger partial charge in [0.25, 0.3) is 0 Å². The maximum atomic E-state index is 13.7. The maximum Gasteiger partial charge on any atom is 0.232 e. The first-order valence-corrected chi connectivity index (χ1v) is 12.6. The molecule has 0 saturated carbocycles. The first-order chi connectivity index (χ1) is 18.2. The van der Waals surface area contributed by atoms with Gasteiger partial charge in [0, 0.05) is 47.6 Å². The van der Waals surface area contributed by atoms with Crippen molar-refractivity contribution in [2.24, 2.45) is 0 Å². The number of rotatable bonds is 5. The average Bonchev–Trinajstić information content (AvgIpc) is 2.94. The summed E-state index contributed by atoms with van der Waals surface area (Å²) in [5, 5.41) is 0. The smallest absolute Gasteiger partial charge is 0.232 e. The molecule has 5 nitrogen and oxygen atoms in total. The van der Waals surface area contributed by atoms with Crippen LogP contribution in [-0.2, 0) is 9.59 Å². The molecule has 0 fully saturated rings. The topological polar surface area (TPSA) is 59.5 Å². The van der Waals surface area contributed by atoms with Gasteiger partial charge in [0.15, 0.2) is 5.78 Å². The molecule has 4 aromatic rings. The van der Waals surface area contributed by atoms with E-state index in [1.165, 1.54) is 0 Å². The molecule has 2 heterocycles. The van der Waals surface area contributed by atoms with E-state index >= 15 is 0 Å². The molecule has 1 aliphatic carbocycles. The number of pyridine rings is 1. The van der Waals surface area contributed by atoms with Gasteiger partial charge in [0.2, 0.25) is 5.91 Å². The molecule has 2 aliphatic rings. The number of anilines is 1. The lowest BCUT2D eigenvalue weighted by molar-refractivity contribution is -0.120. The number of hydrogen-bond donors (Lipinski definition) is 0. The van der Waals surface area contributed by atoms with E-state index < -0.39 is 0 Å². The molecule has 6 rings (SSSR count).